The lowest BCUT2D eigenvalue weighted by Crippen LogP contribution is -2.50. The molecule has 0 spiro atoms. The molecule has 0 bridgehead atoms. The minimum atomic E-state index is 0.254. The van der Waals surface area contributed by atoms with Crippen LogP contribution in [0.15, 0.2) is 29.2 Å². The minimum absolute atomic E-state index is 0.254. The van der Waals surface area contributed by atoms with Crippen molar-refractivity contribution in [2.45, 2.75) is 19.9 Å². The molecule has 0 N–H and O–H groups in total. The van der Waals surface area contributed by atoms with Gasteiger partial charge in [-0.25, -0.2) is 4.98 Å². The zero-order valence-electron chi connectivity index (χ0n) is 15.4. The Balaban J connectivity index is 1.80. The molecule has 1 fully saturated rings. The van der Waals surface area contributed by atoms with Gasteiger partial charge in [-0.1, -0.05) is 29.9 Å². The van der Waals surface area contributed by atoms with Crippen LogP contribution in [0.25, 0.3) is 10.9 Å². The highest BCUT2D eigenvalue weighted by molar-refractivity contribution is 8.16. The van der Waals surface area contributed by atoms with Crippen molar-refractivity contribution in [1.29, 1.82) is 0 Å². The molecule has 0 amide bonds. The Bertz CT molecular complexity index is 813. The monoisotopic (exact) mass is 393 g/mol. The molecule has 0 saturated carbocycles. The Labute approximate surface area is 163 Å². The Morgan fingerprint density at radius 3 is 2.96 bits per heavy atom. The molecule has 2 aromatic heterocycles. The molecule has 0 aromatic carbocycles. The van der Waals surface area contributed by atoms with Crippen LogP contribution in [0.3, 0.4) is 0 Å². The maximum absolute atomic E-state index is 6.09. The molecule has 1 aliphatic rings. The van der Waals surface area contributed by atoms with Gasteiger partial charge in [0.25, 0.3) is 0 Å². The predicted molar refractivity (Wildman–Crippen MR) is 111 cm³/mol. The van der Waals surface area contributed by atoms with Crippen LogP contribution >= 0.6 is 23.4 Å². The first kappa shape index (κ1) is 19.2. The van der Waals surface area contributed by atoms with Gasteiger partial charge in [0.15, 0.2) is 5.82 Å². The molecule has 140 valence electrons. The van der Waals surface area contributed by atoms with E-state index < -0.39 is 0 Å². The van der Waals surface area contributed by atoms with E-state index in [1.807, 2.05) is 22.4 Å². The van der Waals surface area contributed by atoms with Gasteiger partial charge < -0.3 is 9.64 Å². The Hall–Kier alpha value is -1.57. The highest BCUT2D eigenvalue weighted by Gasteiger charge is 2.34. The summed E-state index contributed by atoms with van der Waals surface area (Å²) in [5, 5.41) is 9.30. The number of pyridine rings is 1. The van der Waals surface area contributed by atoms with Gasteiger partial charge in [0.1, 0.15) is 5.15 Å². The first-order valence-corrected chi connectivity index (χ1v) is 9.90. The number of ether oxygens (including phenoxy) is 1. The number of anilines is 1. The Morgan fingerprint density at radius 1 is 1.54 bits per heavy atom. The van der Waals surface area contributed by atoms with Crippen molar-refractivity contribution in [1.82, 2.24) is 14.8 Å². The van der Waals surface area contributed by atoms with Gasteiger partial charge in [-0.3, -0.25) is 9.67 Å². The second kappa shape index (κ2) is 8.41. The third-order valence-corrected chi connectivity index (χ3v) is 5.40. The molecule has 6 nitrogen and oxygen atoms in total. The number of fused-ring (bicyclic) bond motifs is 1. The fourth-order valence-corrected chi connectivity index (χ4v) is 3.85. The average molecular weight is 394 g/mol. The molecule has 26 heavy (non-hydrogen) atoms. The molecule has 1 saturated heterocycles. The topological polar surface area (TPSA) is 55.5 Å². The summed E-state index contributed by atoms with van der Waals surface area (Å²) in [6, 6.07) is 2.14. The second-order valence-electron chi connectivity index (χ2n) is 6.49. The molecular formula is C18H24ClN5OS. The van der Waals surface area contributed by atoms with Crippen LogP contribution in [0, 0.1) is 5.92 Å². The Morgan fingerprint density at radius 2 is 2.31 bits per heavy atom. The maximum atomic E-state index is 6.09. The minimum Gasteiger partial charge on any atom is -0.383 e. The number of rotatable bonds is 7. The van der Waals surface area contributed by atoms with Crippen LogP contribution in [0.2, 0.25) is 5.15 Å². The van der Waals surface area contributed by atoms with Crippen molar-refractivity contribution in [3.8, 4) is 0 Å². The molecule has 2 aromatic rings. The summed E-state index contributed by atoms with van der Waals surface area (Å²) >= 11 is 7.69. The molecule has 0 aliphatic carbocycles. The van der Waals surface area contributed by atoms with Gasteiger partial charge in [-0.05, 0) is 19.3 Å². The van der Waals surface area contributed by atoms with E-state index in [1.165, 1.54) is 0 Å². The predicted octanol–water partition coefficient (Wildman–Crippen LogP) is 4.02. The standard InChI is InChI=1S/C18H24ClN5OS/c1-5-26-18(20-6-7-25-4)13-10-23(11-13)17-14-9-21-16(19)8-15(14)24(22-17)12(2)3/h5,8-9,12-13H,1,6-7,10-11H2,2-4H3. The molecule has 3 rings (SSSR count). The number of aliphatic imine (C=N–C) groups is 1. The second-order valence-corrected chi connectivity index (χ2v) is 7.86. The van der Waals surface area contributed by atoms with Crippen LogP contribution in [-0.4, -0.2) is 53.2 Å². The number of halogens is 1. The number of nitrogens with zero attached hydrogens (tertiary/aromatic N) is 5. The fraction of sp³-hybridized carbons (Fsp3) is 0.500. The van der Waals surface area contributed by atoms with Crippen molar-refractivity contribution < 1.29 is 4.74 Å². The van der Waals surface area contributed by atoms with Gasteiger partial charge in [-0.2, -0.15) is 5.10 Å². The van der Waals surface area contributed by atoms with Crippen LogP contribution in [0.5, 0.6) is 0 Å². The van der Waals surface area contributed by atoms with Crippen LogP contribution in [-0.2, 0) is 4.74 Å². The highest BCUT2D eigenvalue weighted by atomic mass is 35.5. The summed E-state index contributed by atoms with van der Waals surface area (Å²) in [5.41, 5.74) is 1.02. The van der Waals surface area contributed by atoms with Crippen molar-refractivity contribution in [2.24, 2.45) is 10.9 Å². The van der Waals surface area contributed by atoms with Gasteiger partial charge in [0, 0.05) is 44.4 Å². The molecule has 0 radical (unpaired) electrons. The van der Waals surface area contributed by atoms with Crippen molar-refractivity contribution in [3.05, 3.63) is 29.4 Å². The van der Waals surface area contributed by atoms with Crippen molar-refractivity contribution >= 4 is 45.1 Å². The molecule has 3 heterocycles. The number of thioether (sulfide) groups is 1. The maximum Gasteiger partial charge on any atom is 0.160 e. The van der Waals surface area contributed by atoms with Gasteiger partial charge in [0.05, 0.1) is 29.1 Å². The normalized spacial score (nSPS) is 15.7. The zero-order chi connectivity index (χ0) is 18.7. The Kier molecular flexibility index (Phi) is 6.21. The molecule has 0 unspecified atom stereocenters. The third kappa shape index (κ3) is 3.89. The van der Waals surface area contributed by atoms with E-state index >= 15 is 0 Å². The smallest absolute Gasteiger partial charge is 0.160 e. The third-order valence-electron chi connectivity index (χ3n) is 4.33. The van der Waals surface area contributed by atoms with Gasteiger partial charge in [0.2, 0.25) is 0 Å². The number of hydrogen-bond donors (Lipinski definition) is 0. The van der Waals surface area contributed by atoms with E-state index in [0.717, 1.165) is 34.9 Å². The summed E-state index contributed by atoms with van der Waals surface area (Å²) in [7, 11) is 1.69. The van der Waals surface area contributed by atoms with E-state index in [2.05, 4.69) is 35.3 Å². The van der Waals surface area contributed by atoms with Crippen LogP contribution in [0.4, 0.5) is 5.82 Å². The highest BCUT2D eigenvalue weighted by Crippen LogP contribution is 2.34. The number of aromatic nitrogens is 3. The quantitative estimate of drug-likeness (QED) is 0.308. The summed E-state index contributed by atoms with van der Waals surface area (Å²) in [6.07, 6.45) is 1.82. The van der Waals surface area contributed by atoms with E-state index in [0.29, 0.717) is 24.2 Å². The van der Waals surface area contributed by atoms with E-state index in [4.69, 9.17) is 21.4 Å². The lowest BCUT2D eigenvalue weighted by Gasteiger charge is -2.39. The molecule has 0 atom stereocenters. The first-order chi connectivity index (χ1) is 12.5. The molecule has 1 aliphatic heterocycles. The lowest BCUT2D eigenvalue weighted by atomic mass is 10.0. The zero-order valence-corrected chi connectivity index (χ0v) is 16.9. The SMILES string of the molecule is C=CSC(=NCCOC)C1CN(c2nn(C(C)C)c3cc(Cl)ncc23)C1. The summed E-state index contributed by atoms with van der Waals surface area (Å²) in [4.78, 5) is 11.2. The molecular weight excluding hydrogens is 370 g/mol. The molecule has 8 heteroatoms. The van der Waals surface area contributed by atoms with E-state index in [9.17, 15) is 0 Å². The van der Waals surface area contributed by atoms with E-state index in [1.54, 1.807) is 18.9 Å². The average Bonchev–Trinajstić information content (AvgIpc) is 2.92. The first-order valence-electron chi connectivity index (χ1n) is 8.64. The van der Waals surface area contributed by atoms with Crippen LogP contribution < -0.4 is 4.90 Å². The number of hydrogen-bond acceptors (Lipinski definition) is 6. The van der Waals surface area contributed by atoms with E-state index in [-0.39, 0.29) is 6.04 Å². The van der Waals surface area contributed by atoms with Gasteiger partial charge >= 0.3 is 0 Å². The fourth-order valence-electron chi connectivity index (χ4n) is 3.02. The lowest BCUT2D eigenvalue weighted by molar-refractivity contribution is 0.208. The number of methoxy groups -OCH3 is 1. The summed E-state index contributed by atoms with van der Waals surface area (Å²) in [5.74, 6) is 1.36. The summed E-state index contributed by atoms with van der Waals surface area (Å²) < 4.78 is 7.10. The van der Waals surface area contributed by atoms with Crippen molar-refractivity contribution in [3.63, 3.8) is 0 Å². The largest absolute Gasteiger partial charge is 0.383 e. The van der Waals surface area contributed by atoms with Crippen LogP contribution in [0.1, 0.15) is 19.9 Å². The van der Waals surface area contributed by atoms with Gasteiger partial charge in [-0.15, -0.1) is 0 Å². The van der Waals surface area contributed by atoms with Crippen molar-refractivity contribution in [2.75, 3.05) is 38.3 Å². The summed E-state index contributed by atoms with van der Waals surface area (Å²) in [6.45, 7) is 11.1.